The van der Waals surface area contributed by atoms with E-state index < -0.39 is 10.0 Å². The molecule has 0 saturated heterocycles. The van der Waals surface area contributed by atoms with Crippen LogP contribution in [0.5, 0.6) is 0 Å². The highest BCUT2D eigenvalue weighted by molar-refractivity contribution is 7.92. The third-order valence-corrected chi connectivity index (χ3v) is 5.72. The summed E-state index contributed by atoms with van der Waals surface area (Å²) in [5.41, 5.74) is 9.48. The molecule has 1 heterocycles. The lowest BCUT2D eigenvalue weighted by atomic mass is 10.1. The first-order chi connectivity index (χ1) is 13.6. The lowest BCUT2D eigenvalue weighted by molar-refractivity contribution is 0.601. The molecule has 0 radical (unpaired) electrons. The fourth-order valence-corrected chi connectivity index (χ4v) is 4.03. The molecule has 1 aromatic heterocycles. The summed E-state index contributed by atoms with van der Waals surface area (Å²) in [7, 11) is -3.42. The largest absolute Gasteiger partial charge is 0.354 e. The Balaban J connectivity index is 1.70. The Kier molecular flexibility index (Phi) is 4.85. The number of hydrogen-bond acceptors (Lipinski definition) is 5. The van der Waals surface area contributed by atoms with E-state index in [9.17, 15) is 8.42 Å². The minimum absolute atomic E-state index is 0.0805. The first-order valence-electron chi connectivity index (χ1n) is 8.91. The number of nitrogens with one attached hydrogen (secondary N) is 2. The van der Waals surface area contributed by atoms with Gasteiger partial charge in [-0.05, 0) is 36.4 Å². The highest BCUT2D eigenvalue weighted by Crippen LogP contribution is 2.33. The number of pyridine rings is 1. The molecule has 3 aromatic carbocycles. The van der Waals surface area contributed by atoms with Gasteiger partial charge in [-0.25, -0.2) is 13.4 Å². The molecule has 4 aromatic rings. The Labute approximate surface area is 163 Å². The van der Waals surface area contributed by atoms with E-state index in [-0.39, 0.29) is 12.3 Å². The first-order valence-corrected chi connectivity index (χ1v) is 10.6. The molecule has 0 spiro atoms. The van der Waals surface area contributed by atoms with E-state index in [1.807, 2.05) is 60.7 Å². The van der Waals surface area contributed by atoms with Crippen molar-refractivity contribution in [2.45, 2.75) is 0 Å². The SMILES string of the molecule is NCCS(=O)(=O)Nc1ccc(Nc2c3ccccc3nc3ccccc23)cc1. The fraction of sp³-hybridized carbons (Fsp3) is 0.0952. The number of anilines is 3. The number of benzene rings is 3. The quantitative estimate of drug-likeness (QED) is 0.433. The Bertz CT molecular complexity index is 1180. The summed E-state index contributed by atoms with van der Waals surface area (Å²) in [5.74, 6) is -0.109. The minimum atomic E-state index is -3.42. The van der Waals surface area contributed by atoms with E-state index in [1.54, 1.807) is 12.1 Å². The number of fused-ring (bicyclic) bond motifs is 2. The van der Waals surface area contributed by atoms with Gasteiger partial charge < -0.3 is 11.1 Å². The summed E-state index contributed by atoms with van der Waals surface area (Å²) >= 11 is 0. The second-order valence-electron chi connectivity index (χ2n) is 6.43. The van der Waals surface area contributed by atoms with E-state index in [4.69, 9.17) is 10.7 Å². The maximum absolute atomic E-state index is 11.9. The number of nitrogens with zero attached hydrogens (tertiary/aromatic N) is 1. The van der Waals surface area contributed by atoms with E-state index in [1.165, 1.54) is 0 Å². The van der Waals surface area contributed by atoms with E-state index in [0.29, 0.717) is 5.69 Å². The maximum atomic E-state index is 11.9. The monoisotopic (exact) mass is 392 g/mol. The molecule has 142 valence electrons. The van der Waals surface area contributed by atoms with Crippen molar-refractivity contribution in [1.29, 1.82) is 0 Å². The van der Waals surface area contributed by atoms with Crippen molar-refractivity contribution in [3.63, 3.8) is 0 Å². The number of para-hydroxylation sites is 2. The van der Waals surface area contributed by atoms with Gasteiger partial charge in [-0.2, -0.15) is 0 Å². The van der Waals surface area contributed by atoms with Crippen LogP contribution in [0.15, 0.2) is 72.8 Å². The zero-order chi connectivity index (χ0) is 19.6. The third kappa shape index (κ3) is 3.76. The molecule has 0 aliphatic carbocycles. The first kappa shape index (κ1) is 18.2. The van der Waals surface area contributed by atoms with E-state index in [0.717, 1.165) is 33.2 Å². The lowest BCUT2D eigenvalue weighted by Gasteiger charge is -2.14. The molecule has 28 heavy (non-hydrogen) atoms. The molecule has 6 nitrogen and oxygen atoms in total. The molecule has 0 atom stereocenters. The van der Waals surface area contributed by atoms with Gasteiger partial charge in [0, 0.05) is 28.7 Å². The van der Waals surface area contributed by atoms with Crippen LogP contribution in [-0.2, 0) is 10.0 Å². The fourth-order valence-electron chi connectivity index (χ4n) is 3.13. The lowest BCUT2D eigenvalue weighted by Crippen LogP contribution is -2.22. The van der Waals surface area contributed by atoms with Crippen LogP contribution in [0.2, 0.25) is 0 Å². The van der Waals surface area contributed by atoms with Gasteiger partial charge in [0.2, 0.25) is 10.0 Å². The van der Waals surface area contributed by atoms with Gasteiger partial charge in [0.05, 0.1) is 22.5 Å². The van der Waals surface area contributed by atoms with Crippen LogP contribution in [0.4, 0.5) is 17.1 Å². The van der Waals surface area contributed by atoms with Crippen molar-refractivity contribution in [3.8, 4) is 0 Å². The standard InChI is InChI=1S/C21H20N4O2S/c22-13-14-28(26,27)25-16-11-9-15(10-12-16)23-21-17-5-1-3-7-19(17)24-20-8-4-2-6-18(20)21/h1-12,25H,13-14,22H2,(H,23,24). The van der Waals surface area contributed by atoms with Gasteiger partial charge >= 0.3 is 0 Å². The summed E-state index contributed by atoms with van der Waals surface area (Å²) in [4.78, 5) is 4.72. The van der Waals surface area contributed by atoms with Gasteiger partial charge in [0.15, 0.2) is 0 Å². The van der Waals surface area contributed by atoms with Gasteiger partial charge in [-0.3, -0.25) is 4.72 Å². The Hall–Kier alpha value is -3.16. The smallest absolute Gasteiger partial charge is 0.233 e. The molecule has 0 amide bonds. The normalized spacial score (nSPS) is 11.6. The number of aromatic nitrogens is 1. The van der Waals surface area contributed by atoms with Gasteiger partial charge in [0.1, 0.15) is 0 Å². The van der Waals surface area contributed by atoms with Crippen molar-refractivity contribution in [1.82, 2.24) is 4.98 Å². The predicted molar refractivity (Wildman–Crippen MR) is 115 cm³/mol. The summed E-state index contributed by atoms with van der Waals surface area (Å²) in [5, 5.41) is 5.51. The minimum Gasteiger partial charge on any atom is -0.354 e. The van der Waals surface area contributed by atoms with Crippen LogP contribution in [-0.4, -0.2) is 25.7 Å². The topological polar surface area (TPSA) is 97.1 Å². The van der Waals surface area contributed by atoms with Crippen molar-refractivity contribution in [2.75, 3.05) is 22.3 Å². The van der Waals surface area contributed by atoms with Gasteiger partial charge in [-0.1, -0.05) is 36.4 Å². The number of hydrogen-bond donors (Lipinski definition) is 3. The Morgan fingerprint density at radius 1 is 0.786 bits per heavy atom. The zero-order valence-corrected chi connectivity index (χ0v) is 15.9. The highest BCUT2D eigenvalue weighted by Gasteiger charge is 2.11. The summed E-state index contributed by atoms with van der Waals surface area (Å²) in [6, 6.07) is 23.1. The van der Waals surface area contributed by atoms with Crippen LogP contribution < -0.4 is 15.8 Å². The summed E-state index contributed by atoms with van der Waals surface area (Å²) < 4.78 is 26.2. The number of nitrogens with two attached hydrogens (primary N) is 1. The molecule has 0 unspecified atom stereocenters. The van der Waals surface area contributed by atoms with Crippen molar-refractivity contribution in [3.05, 3.63) is 72.8 Å². The molecule has 0 bridgehead atoms. The highest BCUT2D eigenvalue weighted by atomic mass is 32.2. The maximum Gasteiger partial charge on any atom is 0.233 e. The second-order valence-corrected chi connectivity index (χ2v) is 8.27. The van der Waals surface area contributed by atoms with Gasteiger partial charge in [-0.15, -0.1) is 0 Å². The van der Waals surface area contributed by atoms with Gasteiger partial charge in [0.25, 0.3) is 0 Å². The van der Waals surface area contributed by atoms with Crippen molar-refractivity contribution in [2.24, 2.45) is 5.73 Å². The van der Waals surface area contributed by atoms with Crippen molar-refractivity contribution < 1.29 is 8.42 Å². The molecule has 0 fully saturated rings. The second kappa shape index (κ2) is 7.46. The predicted octanol–water partition coefficient (Wildman–Crippen LogP) is 3.83. The van der Waals surface area contributed by atoms with Crippen LogP contribution in [0.25, 0.3) is 21.8 Å². The average molecular weight is 392 g/mol. The molecular formula is C21H20N4O2S. The molecule has 0 aliphatic rings. The molecule has 0 saturated carbocycles. The Morgan fingerprint density at radius 3 is 1.89 bits per heavy atom. The van der Waals surface area contributed by atoms with E-state index >= 15 is 0 Å². The molecule has 7 heteroatoms. The summed E-state index contributed by atoms with van der Waals surface area (Å²) in [6.07, 6.45) is 0. The van der Waals surface area contributed by atoms with E-state index in [2.05, 4.69) is 10.0 Å². The van der Waals surface area contributed by atoms with Crippen LogP contribution >= 0.6 is 0 Å². The van der Waals surface area contributed by atoms with Crippen LogP contribution in [0.3, 0.4) is 0 Å². The number of sulfonamides is 1. The molecule has 0 aliphatic heterocycles. The zero-order valence-electron chi connectivity index (χ0n) is 15.1. The summed E-state index contributed by atoms with van der Waals surface area (Å²) in [6.45, 7) is 0.0805. The van der Waals surface area contributed by atoms with Crippen LogP contribution in [0.1, 0.15) is 0 Å². The molecular weight excluding hydrogens is 372 g/mol. The molecule has 4 N–H and O–H groups in total. The average Bonchev–Trinajstić information content (AvgIpc) is 2.69. The Morgan fingerprint density at radius 2 is 1.32 bits per heavy atom. The third-order valence-electron chi connectivity index (χ3n) is 4.40. The van der Waals surface area contributed by atoms with Crippen LogP contribution in [0, 0.1) is 0 Å². The van der Waals surface area contributed by atoms with Crippen molar-refractivity contribution >= 4 is 48.9 Å². The number of rotatable bonds is 6. The molecule has 4 rings (SSSR count).